The molecule has 1 N–H and O–H groups in total. The minimum absolute atomic E-state index is 0.0185. The van der Waals surface area contributed by atoms with Gasteiger partial charge in [0, 0.05) is 6.42 Å². The molecule has 1 aromatic rings. The number of benzene rings is 1. The van der Waals surface area contributed by atoms with Crippen LogP contribution in [0.3, 0.4) is 0 Å². The van der Waals surface area contributed by atoms with Crippen molar-refractivity contribution < 1.29 is 9.53 Å². The number of nitrogens with one attached hydrogen (secondary N) is 1. The van der Waals surface area contributed by atoms with Crippen LogP contribution >= 0.6 is 0 Å². The Kier molecular flexibility index (Phi) is 18.1. The van der Waals surface area contributed by atoms with Crippen LogP contribution in [-0.2, 0) is 4.79 Å². The average Bonchev–Trinajstić information content (AvgIpc) is 2.80. The van der Waals surface area contributed by atoms with Crippen LogP contribution in [0.2, 0.25) is 0 Å². The first-order chi connectivity index (χ1) is 15.8. The fraction of sp³-hybridized carbons (Fsp3) is 0.643. The van der Waals surface area contributed by atoms with E-state index in [0.29, 0.717) is 13.0 Å². The molecule has 0 saturated carbocycles. The summed E-state index contributed by atoms with van der Waals surface area (Å²) in [6, 6.07) is 7.59. The Hall–Kier alpha value is -2.10. The average molecular weight is 443 g/mol. The third kappa shape index (κ3) is 16.6. The van der Waals surface area contributed by atoms with Crippen LogP contribution in [0.5, 0.6) is 5.75 Å². The lowest BCUT2D eigenvalue weighted by Gasteiger charge is -2.04. The van der Waals surface area contributed by atoms with Crippen molar-refractivity contribution in [1.82, 2.24) is 5.43 Å². The van der Waals surface area contributed by atoms with Crippen LogP contribution in [0.15, 0.2) is 42.0 Å². The fourth-order valence-corrected chi connectivity index (χ4v) is 3.73. The van der Waals surface area contributed by atoms with E-state index in [-0.39, 0.29) is 5.91 Å². The Morgan fingerprint density at radius 2 is 1.47 bits per heavy atom. The van der Waals surface area contributed by atoms with Gasteiger partial charge in [0.2, 0.25) is 5.91 Å². The van der Waals surface area contributed by atoms with Gasteiger partial charge in [-0.25, -0.2) is 5.43 Å². The van der Waals surface area contributed by atoms with E-state index in [4.69, 9.17) is 4.74 Å². The topological polar surface area (TPSA) is 50.7 Å². The molecule has 0 saturated heterocycles. The maximum absolute atomic E-state index is 11.9. The van der Waals surface area contributed by atoms with Crippen LogP contribution in [0.4, 0.5) is 0 Å². The molecule has 1 rings (SSSR count). The van der Waals surface area contributed by atoms with E-state index >= 15 is 0 Å². The number of hydrogen-bond acceptors (Lipinski definition) is 3. The third-order valence-corrected chi connectivity index (χ3v) is 5.64. The number of nitrogens with zero attached hydrogens (tertiary/aromatic N) is 1. The van der Waals surface area contributed by atoms with Gasteiger partial charge in [-0.15, -0.1) is 0 Å². The largest absolute Gasteiger partial charge is 0.490 e. The van der Waals surface area contributed by atoms with E-state index < -0.39 is 0 Å². The van der Waals surface area contributed by atoms with E-state index in [9.17, 15) is 4.79 Å². The number of hydrogen-bond donors (Lipinski definition) is 1. The number of unbranched alkanes of at least 4 members (excludes halogenated alkanes) is 14. The minimum Gasteiger partial charge on any atom is -0.490 e. The first-order valence-corrected chi connectivity index (χ1v) is 12.9. The third-order valence-electron chi connectivity index (χ3n) is 5.64. The summed E-state index contributed by atoms with van der Waals surface area (Å²) in [5.41, 5.74) is 3.50. The maximum atomic E-state index is 11.9. The molecular weight excluding hydrogens is 396 g/mol. The Morgan fingerprint density at radius 3 is 2.03 bits per heavy atom. The maximum Gasteiger partial charge on any atom is 0.240 e. The van der Waals surface area contributed by atoms with E-state index in [1.54, 1.807) is 12.3 Å². The second kappa shape index (κ2) is 20.8. The van der Waals surface area contributed by atoms with E-state index in [0.717, 1.165) is 24.2 Å². The summed E-state index contributed by atoms with van der Waals surface area (Å²) in [6.45, 7) is 6.38. The normalized spacial score (nSPS) is 11.0. The fourth-order valence-electron chi connectivity index (χ4n) is 3.73. The molecule has 0 aromatic heterocycles. The molecule has 1 aromatic carbocycles. The van der Waals surface area contributed by atoms with Crippen LogP contribution in [-0.4, -0.2) is 18.7 Å². The predicted molar refractivity (Wildman–Crippen MR) is 137 cm³/mol. The molecule has 4 heteroatoms. The minimum atomic E-state index is -0.0185. The Bertz CT molecular complexity index is 628. The van der Waals surface area contributed by atoms with Crippen molar-refractivity contribution in [2.45, 2.75) is 110 Å². The van der Waals surface area contributed by atoms with Crippen molar-refractivity contribution >= 4 is 12.1 Å². The van der Waals surface area contributed by atoms with Gasteiger partial charge < -0.3 is 4.74 Å². The number of carbonyl (C=O) groups is 1. The summed E-state index contributed by atoms with van der Waals surface area (Å²) in [5, 5.41) is 4.05. The van der Waals surface area contributed by atoms with Crippen molar-refractivity contribution in [2.24, 2.45) is 5.10 Å². The quantitative estimate of drug-likeness (QED) is 0.0908. The van der Waals surface area contributed by atoms with Gasteiger partial charge in [-0.1, -0.05) is 122 Å². The second-order valence-electron chi connectivity index (χ2n) is 8.67. The summed E-state index contributed by atoms with van der Waals surface area (Å²) >= 11 is 0. The highest BCUT2D eigenvalue weighted by Crippen LogP contribution is 2.14. The van der Waals surface area contributed by atoms with Gasteiger partial charge in [-0.3, -0.25) is 4.79 Å². The number of amides is 1. The molecule has 0 heterocycles. The molecule has 0 aliphatic carbocycles. The Morgan fingerprint density at radius 1 is 0.906 bits per heavy atom. The second-order valence-corrected chi connectivity index (χ2v) is 8.67. The van der Waals surface area contributed by atoms with E-state index in [1.165, 1.54) is 83.5 Å². The molecule has 0 bridgehead atoms. The summed E-state index contributed by atoms with van der Waals surface area (Å²) in [6.07, 6.45) is 23.8. The lowest BCUT2D eigenvalue weighted by molar-refractivity contribution is -0.121. The molecule has 0 spiro atoms. The van der Waals surface area contributed by atoms with Crippen LogP contribution in [0, 0.1) is 0 Å². The van der Waals surface area contributed by atoms with Gasteiger partial charge in [0.15, 0.2) is 0 Å². The molecule has 0 aliphatic rings. The van der Waals surface area contributed by atoms with E-state index in [2.05, 4.69) is 24.0 Å². The van der Waals surface area contributed by atoms with Crippen molar-refractivity contribution in [3.8, 4) is 5.75 Å². The lowest BCUT2D eigenvalue weighted by Crippen LogP contribution is -2.16. The number of rotatable bonds is 21. The first kappa shape index (κ1) is 27.9. The molecule has 0 unspecified atom stereocenters. The zero-order valence-corrected chi connectivity index (χ0v) is 20.5. The van der Waals surface area contributed by atoms with Crippen molar-refractivity contribution in [1.29, 1.82) is 0 Å². The molecule has 0 fully saturated rings. The zero-order valence-electron chi connectivity index (χ0n) is 20.5. The van der Waals surface area contributed by atoms with Gasteiger partial charge in [0.25, 0.3) is 0 Å². The van der Waals surface area contributed by atoms with Crippen LogP contribution < -0.4 is 10.2 Å². The summed E-state index contributed by atoms with van der Waals surface area (Å²) in [7, 11) is 0. The Labute approximate surface area is 196 Å². The van der Waals surface area contributed by atoms with Crippen LogP contribution in [0.1, 0.15) is 115 Å². The van der Waals surface area contributed by atoms with Crippen molar-refractivity contribution in [3.63, 3.8) is 0 Å². The first-order valence-electron chi connectivity index (χ1n) is 12.9. The molecular formula is C28H46N2O2. The molecule has 1 amide bonds. The Balaban J connectivity index is 1.92. The molecule has 0 aliphatic heterocycles. The number of hydrazone groups is 1. The van der Waals surface area contributed by atoms with Crippen LogP contribution in [0.25, 0.3) is 0 Å². The van der Waals surface area contributed by atoms with Gasteiger partial charge in [0.05, 0.1) is 6.21 Å². The molecule has 0 radical (unpaired) electrons. The zero-order chi connectivity index (χ0) is 23.1. The number of carbonyl (C=O) groups excluding carboxylic acids is 1. The van der Waals surface area contributed by atoms with Gasteiger partial charge >= 0.3 is 0 Å². The van der Waals surface area contributed by atoms with Gasteiger partial charge in [-0.2, -0.15) is 5.10 Å². The summed E-state index contributed by atoms with van der Waals surface area (Å²) < 4.78 is 5.49. The highest BCUT2D eigenvalue weighted by atomic mass is 16.5. The molecule has 4 nitrogen and oxygen atoms in total. The number of ether oxygens (including phenoxy) is 1. The SMILES string of the molecule is C=CCOc1cccc(/C=N/NC(=O)CCCCCCCCCCCCCCCCC)c1. The lowest BCUT2D eigenvalue weighted by atomic mass is 10.0. The van der Waals surface area contributed by atoms with Crippen molar-refractivity contribution in [3.05, 3.63) is 42.5 Å². The van der Waals surface area contributed by atoms with Gasteiger partial charge in [0.1, 0.15) is 12.4 Å². The predicted octanol–water partition coefficient (Wildman–Crippen LogP) is 7.96. The summed E-state index contributed by atoms with van der Waals surface area (Å²) in [5.74, 6) is 0.744. The van der Waals surface area contributed by atoms with E-state index in [1.807, 2.05) is 24.3 Å². The van der Waals surface area contributed by atoms with Crippen molar-refractivity contribution in [2.75, 3.05) is 6.61 Å². The highest BCUT2D eigenvalue weighted by Gasteiger charge is 2.00. The molecule has 32 heavy (non-hydrogen) atoms. The highest BCUT2D eigenvalue weighted by molar-refractivity contribution is 5.82. The molecule has 0 atom stereocenters. The summed E-state index contributed by atoms with van der Waals surface area (Å²) in [4.78, 5) is 11.9. The van der Waals surface area contributed by atoms with Gasteiger partial charge in [-0.05, 0) is 24.1 Å². The molecule has 180 valence electrons. The standard InChI is InChI=1S/C28H46N2O2/c1-3-5-6-7-8-9-10-11-12-13-14-15-16-17-18-22-28(31)30-29-25-26-20-19-21-27(24-26)32-23-4-2/h4,19-21,24-25H,2-3,5-18,22-23H2,1H3,(H,30,31)/b29-25+. The smallest absolute Gasteiger partial charge is 0.240 e. The monoisotopic (exact) mass is 442 g/mol.